The van der Waals surface area contributed by atoms with Crippen LogP contribution < -0.4 is 9.25 Å². The smallest absolute Gasteiger partial charge is 0.235 e. The zero-order valence-electron chi connectivity index (χ0n) is 14.9. The number of hydrogen-bond acceptors (Lipinski definition) is 2. The van der Waals surface area contributed by atoms with Gasteiger partial charge in [-0.2, -0.15) is 23.0 Å². The van der Waals surface area contributed by atoms with Gasteiger partial charge in [0, 0.05) is 12.1 Å². The summed E-state index contributed by atoms with van der Waals surface area (Å²) in [5.41, 5.74) is 4.12. The molecule has 5 heterocycles. The molecule has 0 aliphatic carbocycles. The fourth-order valence-corrected chi connectivity index (χ4v) is 4.49. The van der Waals surface area contributed by atoms with Gasteiger partial charge in [-0.25, -0.2) is 4.98 Å². The van der Waals surface area contributed by atoms with E-state index in [4.69, 9.17) is 0 Å². The Hall–Kier alpha value is -3.73. The number of hydrogen-bond donors (Lipinski definition) is 0. The Morgan fingerprint density at radius 2 is 2.03 bits per heavy atom. The van der Waals surface area contributed by atoms with Crippen molar-refractivity contribution in [1.82, 2.24) is 9.67 Å². The van der Waals surface area contributed by atoms with E-state index in [9.17, 15) is 18.4 Å². The van der Waals surface area contributed by atoms with Crippen LogP contribution in [0, 0.1) is 11.3 Å². The molecule has 0 radical (unpaired) electrons. The monoisotopic (exact) mass is 391 g/mol. The number of halogens is 3. The lowest BCUT2D eigenvalue weighted by Crippen LogP contribution is -2.50. The van der Waals surface area contributed by atoms with Crippen molar-refractivity contribution < 1.29 is 22.4 Å². The second-order valence-corrected chi connectivity index (χ2v) is 7.23. The van der Waals surface area contributed by atoms with Crippen LogP contribution in [0.2, 0.25) is 0 Å². The molecule has 0 bridgehead atoms. The van der Waals surface area contributed by atoms with Gasteiger partial charge in [-0.15, -0.1) is 4.68 Å². The Kier molecular flexibility index (Phi) is 2.91. The number of benzene rings is 1. The van der Waals surface area contributed by atoms with Crippen LogP contribution in [0.1, 0.15) is 28.7 Å². The molecule has 0 saturated carbocycles. The third kappa shape index (κ3) is 2.07. The quantitative estimate of drug-likeness (QED) is 0.433. The summed E-state index contributed by atoms with van der Waals surface area (Å²) in [6.07, 6.45) is -0.101. The number of alkyl halides is 3. The molecule has 0 amide bonds. The molecule has 8 heteroatoms. The average molecular weight is 391 g/mol. The molecule has 2 aliphatic rings. The van der Waals surface area contributed by atoms with E-state index >= 15 is 0 Å². The van der Waals surface area contributed by atoms with Crippen LogP contribution in [0.3, 0.4) is 0 Å². The van der Waals surface area contributed by atoms with Crippen molar-refractivity contribution in [1.29, 1.82) is 5.26 Å². The van der Waals surface area contributed by atoms with Gasteiger partial charge in [-0.1, -0.05) is 4.68 Å². The van der Waals surface area contributed by atoms with E-state index in [0.29, 0.717) is 17.5 Å². The van der Waals surface area contributed by atoms with E-state index in [1.807, 2.05) is 33.8 Å². The standard InChI is InChI=1S/C21H12F3N5/c22-21(23,24)13-3-5-16-12(8-13)11-28-19-9-15-17(6-4-14(10-25)26-15)27-7-1-2-18(20(19)27)29(16)28/h1-8,11,19H,9H2/q+2. The summed E-state index contributed by atoms with van der Waals surface area (Å²) in [4.78, 5) is 4.47. The fraction of sp³-hybridized carbons (Fsp3) is 0.143. The number of nitriles is 1. The number of nitrogens with zero attached hydrogens (tertiary/aromatic N) is 5. The average Bonchev–Trinajstić information content (AvgIpc) is 3.23. The van der Waals surface area contributed by atoms with Crippen molar-refractivity contribution in [3.8, 4) is 17.4 Å². The summed E-state index contributed by atoms with van der Waals surface area (Å²) in [6, 6.07) is 13.3. The van der Waals surface area contributed by atoms with Crippen molar-refractivity contribution in [2.24, 2.45) is 0 Å². The maximum Gasteiger partial charge on any atom is 0.416 e. The highest BCUT2D eigenvalue weighted by atomic mass is 19.4. The fourth-order valence-electron chi connectivity index (χ4n) is 4.49. The molecule has 0 spiro atoms. The first-order chi connectivity index (χ1) is 14.0. The van der Waals surface area contributed by atoms with Gasteiger partial charge in [-0.3, -0.25) is 0 Å². The molecular weight excluding hydrogens is 379 g/mol. The molecule has 140 valence electrons. The summed E-state index contributed by atoms with van der Waals surface area (Å²) in [5, 5.41) is 9.72. The summed E-state index contributed by atoms with van der Waals surface area (Å²) in [6.45, 7) is 0. The highest BCUT2D eigenvalue weighted by Crippen LogP contribution is 2.36. The topological polar surface area (TPSA) is 49.4 Å². The van der Waals surface area contributed by atoms with Crippen LogP contribution in [0.15, 0.2) is 54.9 Å². The molecule has 0 N–H and O–H groups in total. The molecule has 2 aliphatic heterocycles. The van der Waals surface area contributed by atoms with Crippen LogP contribution in [0.4, 0.5) is 13.2 Å². The van der Waals surface area contributed by atoms with Crippen molar-refractivity contribution in [3.05, 3.63) is 77.5 Å². The number of fused-ring (bicyclic) bond motifs is 7. The van der Waals surface area contributed by atoms with E-state index < -0.39 is 11.7 Å². The summed E-state index contributed by atoms with van der Waals surface area (Å²) in [7, 11) is 0. The first-order valence-corrected chi connectivity index (χ1v) is 9.05. The van der Waals surface area contributed by atoms with Crippen LogP contribution in [0.25, 0.3) is 22.3 Å². The maximum atomic E-state index is 13.1. The Labute approximate surface area is 162 Å². The van der Waals surface area contributed by atoms with Gasteiger partial charge in [0.1, 0.15) is 23.0 Å². The molecule has 4 aromatic rings. The van der Waals surface area contributed by atoms with Gasteiger partial charge < -0.3 is 0 Å². The van der Waals surface area contributed by atoms with E-state index in [1.54, 1.807) is 12.3 Å². The Morgan fingerprint density at radius 1 is 1.17 bits per heavy atom. The molecule has 3 aromatic heterocycles. The molecule has 1 aromatic carbocycles. The number of rotatable bonds is 0. The lowest BCUT2D eigenvalue weighted by Gasteiger charge is -2.13. The van der Waals surface area contributed by atoms with Crippen molar-refractivity contribution in [2.75, 3.05) is 0 Å². The third-order valence-corrected chi connectivity index (χ3v) is 5.67. The first kappa shape index (κ1) is 16.2. The lowest BCUT2D eigenvalue weighted by atomic mass is 9.99. The normalized spacial score (nSPS) is 16.3. The number of aromatic nitrogens is 4. The van der Waals surface area contributed by atoms with Gasteiger partial charge in [0.25, 0.3) is 11.7 Å². The highest BCUT2D eigenvalue weighted by Gasteiger charge is 2.50. The molecular formula is C21H12F3N5+2. The van der Waals surface area contributed by atoms with E-state index in [-0.39, 0.29) is 6.04 Å². The van der Waals surface area contributed by atoms with Gasteiger partial charge in [0.15, 0.2) is 11.9 Å². The maximum absolute atomic E-state index is 13.1. The van der Waals surface area contributed by atoms with E-state index in [1.165, 1.54) is 12.1 Å². The molecule has 0 saturated heterocycles. The predicted octanol–water partition coefficient (Wildman–Crippen LogP) is 2.94. The largest absolute Gasteiger partial charge is 0.416 e. The Balaban J connectivity index is 1.62. The van der Waals surface area contributed by atoms with Crippen molar-refractivity contribution in [3.63, 3.8) is 0 Å². The lowest BCUT2D eigenvalue weighted by molar-refractivity contribution is -0.785. The molecule has 0 fully saturated rings. The summed E-state index contributed by atoms with van der Waals surface area (Å²) in [5.74, 6) is 0. The van der Waals surface area contributed by atoms with E-state index in [2.05, 4.69) is 15.6 Å². The van der Waals surface area contributed by atoms with Crippen molar-refractivity contribution in [2.45, 2.75) is 18.6 Å². The summed E-state index contributed by atoms with van der Waals surface area (Å²) < 4.78 is 45.4. The van der Waals surface area contributed by atoms with Crippen LogP contribution in [0.5, 0.6) is 0 Å². The van der Waals surface area contributed by atoms with Gasteiger partial charge in [0.2, 0.25) is 11.9 Å². The molecule has 29 heavy (non-hydrogen) atoms. The minimum Gasteiger partial charge on any atom is -0.235 e. The molecule has 1 atom stereocenters. The van der Waals surface area contributed by atoms with Crippen LogP contribution in [-0.4, -0.2) is 9.67 Å². The SMILES string of the molecule is N#Cc1ccc2c(n1)CC1c3c(ccc[n+]3-2)-n2c3ccc(C(F)(F)F)cc3c[n+]21. The second kappa shape index (κ2) is 5.20. The van der Waals surface area contributed by atoms with Crippen LogP contribution in [-0.2, 0) is 12.6 Å². The second-order valence-electron chi connectivity index (χ2n) is 7.23. The zero-order chi connectivity index (χ0) is 19.9. The third-order valence-electron chi connectivity index (χ3n) is 5.67. The van der Waals surface area contributed by atoms with Gasteiger partial charge in [0.05, 0.1) is 17.4 Å². The summed E-state index contributed by atoms with van der Waals surface area (Å²) >= 11 is 0. The molecule has 5 nitrogen and oxygen atoms in total. The van der Waals surface area contributed by atoms with Gasteiger partial charge >= 0.3 is 6.18 Å². The zero-order valence-corrected chi connectivity index (χ0v) is 14.9. The molecule has 6 rings (SSSR count). The minimum absolute atomic E-state index is 0.109. The van der Waals surface area contributed by atoms with Crippen LogP contribution >= 0.6 is 0 Å². The van der Waals surface area contributed by atoms with E-state index in [0.717, 1.165) is 34.3 Å². The van der Waals surface area contributed by atoms with Crippen molar-refractivity contribution >= 4 is 10.9 Å². The molecule has 1 unspecified atom stereocenters. The first-order valence-electron chi connectivity index (χ1n) is 9.05. The Bertz CT molecular complexity index is 1390. The van der Waals surface area contributed by atoms with Gasteiger partial charge in [-0.05, 0) is 30.3 Å². The highest BCUT2D eigenvalue weighted by molar-refractivity contribution is 5.80. The Morgan fingerprint density at radius 3 is 2.83 bits per heavy atom. The number of pyridine rings is 2. The predicted molar refractivity (Wildman–Crippen MR) is 94.4 cm³/mol. The minimum atomic E-state index is -4.38.